The second-order valence-corrected chi connectivity index (χ2v) is 7.28. The Morgan fingerprint density at radius 2 is 1.91 bits per heavy atom. The Kier molecular flexibility index (Phi) is 6.16. The van der Waals surface area contributed by atoms with E-state index in [4.69, 9.17) is 5.26 Å². The third kappa shape index (κ3) is 4.92. The Morgan fingerprint density at radius 1 is 1.30 bits per heavy atom. The summed E-state index contributed by atoms with van der Waals surface area (Å²) in [6.45, 7) is 1.38. The van der Waals surface area contributed by atoms with E-state index in [1.165, 1.54) is 26.2 Å². The van der Waals surface area contributed by atoms with E-state index < -0.39 is 28.0 Å². The number of hydrogen-bond donors (Lipinski definition) is 0. The molecule has 0 fully saturated rings. The lowest BCUT2D eigenvalue weighted by Gasteiger charge is -2.28. The largest absolute Gasteiger partial charge is 0.416 e. The van der Waals surface area contributed by atoms with E-state index in [9.17, 15) is 21.6 Å². The third-order valence-electron chi connectivity index (χ3n) is 3.42. The molecule has 0 aromatic heterocycles. The van der Waals surface area contributed by atoms with Crippen molar-refractivity contribution in [2.24, 2.45) is 0 Å². The van der Waals surface area contributed by atoms with Crippen LogP contribution in [0.4, 0.5) is 13.2 Å². The molecule has 1 aromatic carbocycles. The predicted octanol–water partition coefficient (Wildman–Crippen LogP) is 2.62. The molecule has 1 rings (SSSR count). The smallest absolute Gasteiger partial charge is 0.198 e. The van der Waals surface area contributed by atoms with Gasteiger partial charge in [-0.3, -0.25) is 0 Å². The van der Waals surface area contributed by atoms with Crippen molar-refractivity contribution in [3.8, 4) is 6.07 Å². The van der Waals surface area contributed by atoms with Crippen LogP contribution in [0.25, 0.3) is 0 Å². The summed E-state index contributed by atoms with van der Waals surface area (Å²) in [5.74, 6) is 0. The summed E-state index contributed by atoms with van der Waals surface area (Å²) in [4.78, 5) is 0. The molecule has 5 nitrogen and oxygen atoms in total. The second kappa shape index (κ2) is 7.29. The summed E-state index contributed by atoms with van der Waals surface area (Å²) in [5, 5.41) is 8.64. The fraction of sp³-hybridized carbons (Fsp3) is 0.500. The van der Waals surface area contributed by atoms with Gasteiger partial charge in [-0.05, 0) is 18.6 Å². The summed E-state index contributed by atoms with van der Waals surface area (Å²) in [6.07, 6.45) is -4.46. The van der Waals surface area contributed by atoms with Crippen LogP contribution in [-0.2, 0) is 22.9 Å². The van der Waals surface area contributed by atoms with Gasteiger partial charge in [0.15, 0.2) is 0 Å². The van der Waals surface area contributed by atoms with E-state index in [0.717, 1.165) is 20.7 Å². The van der Waals surface area contributed by atoms with Gasteiger partial charge in [-0.25, -0.2) is 0 Å². The van der Waals surface area contributed by atoms with Crippen molar-refractivity contribution in [3.05, 3.63) is 35.4 Å². The number of nitriles is 1. The topological polar surface area (TPSA) is 64.4 Å². The lowest BCUT2D eigenvalue weighted by atomic mass is 10.1. The standard InChI is InChI=1S/C14H18F3N3O2S/c1-11(7-8-18)20(3)23(21,22)19(2)10-12-5-4-6-13(9-12)14(15,16)17/h4-6,9,11H,7,10H2,1-3H3/t11-/m0/s1. The van der Waals surface area contributed by atoms with Gasteiger partial charge in [0.25, 0.3) is 10.2 Å². The molecule has 0 radical (unpaired) electrons. The van der Waals surface area contributed by atoms with E-state index >= 15 is 0 Å². The summed E-state index contributed by atoms with van der Waals surface area (Å²) in [6, 6.07) is 5.87. The Labute approximate surface area is 134 Å². The molecule has 0 amide bonds. The van der Waals surface area contributed by atoms with Crippen LogP contribution in [-0.4, -0.2) is 37.2 Å². The molecule has 0 saturated heterocycles. The van der Waals surface area contributed by atoms with Gasteiger partial charge in [-0.15, -0.1) is 0 Å². The van der Waals surface area contributed by atoms with Crippen LogP contribution in [0.1, 0.15) is 24.5 Å². The first kappa shape index (κ1) is 19.4. The Bertz CT molecular complexity index is 683. The number of benzene rings is 1. The molecule has 9 heteroatoms. The van der Waals surface area contributed by atoms with Crippen LogP contribution in [0.5, 0.6) is 0 Å². The molecule has 1 atom stereocenters. The van der Waals surface area contributed by atoms with Gasteiger partial charge in [0.2, 0.25) is 0 Å². The van der Waals surface area contributed by atoms with Crippen LogP contribution in [0.2, 0.25) is 0 Å². The van der Waals surface area contributed by atoms with Crippen molar-refractivity contribution in [1.29, 1.82) is 5.26 Å². The number of nitrogens with zero attached hydrogens (tertiary/aromatic N) is 3. The average Bonchev–Trinajstić information content (AvgIpc) is 2.46. The van der Waals surface area contributed by atoms with Crippen LogP contribution in [0.3, 0.4) is 0 Å². The van der Waals surface area contributed by atoms with Crippen molar-refractivity contribution < 1.29 is 21.6 Å². The van der Waals surface area contributed by atoms with Gasteiger partial charge >= 0.3 is 6.18 Å². The molecule has 0 aliphatic carbocycles. The minimum atomic E-state index is -4.48. The molecule has 0 bridgehead atoms. The maximum Gasteiger partial charge on any atom is 0.416 e. The first-order valence-electron chi connectivity index (χ1n) is 6.72. The minimum absolute atomic E-state index is 0.0210. The van der Waals surface area contributed by atoms with Gasteiger partial charge in [0.05, 0.1) is 18.1 Å². The molecular weight excluding hydrogens is 331 g/mol. The van der Waals surface area contributed by atoms with E-state index in [-0.39, 0.29) is 18.5 Å². The van der Waals surface area contributed by atoms with Crippen LogP contribution in [0, 0.1) is 11.3 Å². The van der Waals surface area contributed by atoms with Gasteiger partial charge in [0, 0.05) is 26.7 Å². The number of rotatable bonds is 6. The fourth-order valence-corrected chi connectivity index (χ4v) is 3.17. The van der Waals surface area contributed by atoms with E-state index in [0.29, 0.717) is 0 Å². The van der Waals surface area contributed by atoms with Gasteiger partial charge < -0.3 is 0 Å². The van der Waals surface area contributed by atoms with E-state index in [1.807, 2.05) is 6.07 Å². The summed E-state index contributed by atoms with van der Waals surface area (Å²) < 4.78 is 64.8. The molecule has 23 heavy (non-hydrogen) atoms. The zero-order valence-electron chi connectivity index (χ0n) is 13.0. The quantitative estimate of drug-likeness (QED) is 0.793. The van der Waals surface area contributed by atoms with E-state index in [2.05, 4.69) is 0 Å². The third-order valence-corrected chi connectivity index (χ3v) is 5.43. The maximum absolute atomic E-state index is 12.7. The molecule has 0 heterocycles. The number of hydrogen-bond acceptors (Lipinski definition) is 3. The highest BCUT2D eigenvalue weighted by molar-refractivity contribution is 7.86. The van der Waals surface area contributed by atoms with Crippen LogP contribution in [0.15, 0.2) is 24.3 Å². The minimum Gasteiger partial charge on any atom is -0.198 e. The number of alkyl halides is 3. The van der Waals surface area contributed by atoms with Crippen molar-refractivity contribution in [2.45, 2.75) is 32.1 Å². The molecule has 0 aliphatic heterocycles. The Morgan fingerprint density at radius 3 is 2.43 bits per heavy atom. The SMILES string of the molecule is C[C@@H](CC#N)N(C)S(=O)(=O)N(C)Cc1cccc(C(F)(F)F)c1. The highest BCUT2D eigenvalue weighted by Crippen LogP contribution is 2.29. The molecule has 0 unspecified atom stereocenters. The summed E-state index contributed by atoms with van der Waals surface area (Å²) >= 11 is 0. The van der Waals surface area contributed by atoms with Gasteiger partial charge in [-0.1, -0.05) is 18.2 Å². The molecule has 0 aliphatic rings. The zero-order chi connectivity index (χ0) is 17.8. The van der Waals surface area contributed by atoms with Crippen molar-refractivity contribution in [1.82, 2.24) is 8.61 Å². The Hall–Kier alpha value is -1.63. The average molecular weight is 349 g/mol. The molecule has 128 valence electrons. The van der Waals surface area contributed by atoms with Crippen molar-refractivity contribution in [3.63, 3.8) is 0 Å². The van der Waals surface area contributed by atoms with Crippen molar-refractivity contribution in [2.75, 3.05) is 14.1 Å². The van der Waals surface area contributed by atoms with Crippen LogP contribution < -0.4 is 0 Å². The second-order valence-electron chi connectivity index (χ2n) is 5.19. The zero-order valence-corrected chi connectivity index (χ0v) is 13.8. The highest BCUT2D eigenvalue weighted by Gasteiger charge is 2.31. The summed E-state index contributed by atoms with van der Waals surface area (Å²) in [5.41, 5.74) is -0.598. The predicted molar refractivity (Wildman–Crippen MR) is 79.3 cm³/mol. The maximum atomic E-state index is 12.7. The monoisotopic (exact) mass is 349 g/mol. The molecular formula is C14H18F3N3O2S. The highest BCUT2D eigenvalue weighted by atomic mass is 32.2. The van der Waals surface area contributed by atoms with E-state index in [1.54, 1.807) is 6.92 Å². The molecule has 0 N–H and O–H groups in total. The Balaban J connectivity index is 2.95. The molecule has 0 saturated carbocycles. The lowest BCUT2D eigenvalue weighted by molar-refractivity contribution is -0.137. The van der Waals surface area contributed by atoms with Gasteiger partial charge in [-0.2, -0.15) is 35.5 Å². The molecule has 0 spiro atoms. The van der Waals surface area contributed by atoms with Gasteiger partial charge in [0.1, 0.15) is 0 Å². The summed E-state index contributed by atoms with van der Waals surface area (Å²) in [7, 11) is -1.26. The normalized spacial score (nSPS) is 14.0. The fourth-order valence-electron chi connectivity index (χ4n) is 1.89. The molecule has 1 aromatic rings. The first-order chi connectivity index (χ1) is 10.5. The number of halogens is 3. The lowest BCUT2D eigenvalue weighted by Crippen LogP contribution is -2.43. The van der Waals surface area contributed by atoms with Crippen LogP contribution >= 0.6 is 0 Å². The van der Waals surface area contributed by atoms with Crippen molar-refractivity contribution >= 4 is 10.2 Å². The first-order valence-corrected chi connectivity index (χ1v) is 8.12.